The Hall–Kier alpha value is -3.43. The van der Waals surface area contributed by atoms with Gasteiger partial charge in [-0.05, 0) is 30.2 Å². The minimum atomic E-state index is -4.05. The highest BCUT2D eigenvalue weighted by molar-refractivity contribution is 7.92. The molecule has 0 heterocycles. The van der Waals surface area contributed by atoms with E-state index in [0.29, 0.717) is 13.0 Å². The lowest BCUT2D eigenvalue weighted by molar-refractivity contribution is -0.385. The fraction of sp³-hybridized carbons (Fsp3) is 0.174. The molecular formula is C23H22ClN3O5S. The van der Waals surface area contributed by atoms with E-state index < -0.39 is 26.6 Å². The van der Waals surface area contributed by atoms with Crippen molar-refractivity contribution in [3.05, 3.63) is 105 Å². The number of hydrogen-bond acceptors (Lipinski definition) is 5. The molecule has 0 saturated heterocycles. The molecule has 0 saturated carbocycles. The number of halogens is 1. The van der Waals surface area contributed by atoms with Crippen LogP contribution in [0.3, 0.4) is 0 Å². The molecule has 1 N–H and O–H groups in total. The SMILES string of the molecule is CN(c1ccc(Cl)cc1C(=O)NCCc1ccccc1)S(=O)(=O)Cc1ccccc1[N+](=O)[O-]. The predicted octanol–water partition coefficient (Wildman–Crippen LogP) is 4.19. The maximum atomic E-state index is 13.1. The molecule has 0 aromatic heterocycles. The zero-order chi connectivity index (χ0) is 24.0. The standard InChI is InChI=1S/C23H22ClN3O5S/c1-26(33(31,32)16-18-9-5-6-10-21(18)27(29)30)22-12-11-19(24)15-20(22)23(28)25-14-13-17-7-3-2-4-8-17/h2-12,15H,13-14,16H2,1H3,(H,25,28). The summed E-state index contributed by atoms with van der Waals surface area (Å²) in [5.41, 5.74) is 1.02. The van der Waals surface area contributed by atoms with E-state index in [-0.39, 0.29) is 27.5 Å². The number of anilines is 1. The van der Waals surface area contributed by atoms with Crippen molar-refractivity contribution in [1.82, 2.24) is 5.32 Å². The van der Waals surface area contributed by atoms with Crippen LogP contribution in [0.2, 0.25) is 5.02 Å². The zero-order valence-corrected chi connectivity index (χ0v) is 19.3. The van der Waals surface area contributed by atoms with E-state index in [0.717, 1.165) is 9.87 Å². The minimum Gasteiger partial charge on any atom is -0.352 e. The van der Waals surface area contributed by atoms with Gasteiger partial charge < -0.3 is 5.32 Å². The van der Waals surface area contributed by atoms with Gasteiger partial charge in [0.15, 0.2) is 0 Å². The first kappa shape index (κ1) is 24.2. The van der Waals surface area contributed by atoms with Crippen LogP contribution in [-0.2, 0) is 22.2 Å². The molecule has 0 spiro atoms. The van der Waals surface area contributed by atoms with Gasteiger partial charge in [0.1, 0.15) is 5.75 Å². The van der Waals surface area contributed by atoms with E-state index in [1.807, 2.05) is 30.3 Å². The van der Waals surface area contributed by atoms with E-state index in [1.54, 1.807) is 0 Å². The summed E-state index contributed by atoms with van der Waals surface area (Å²) in [6.45, 7) is 0.349. The summed E-state index contributed by atoms with van der Waals surface area (Å²) in [5, 5.41) is 14.3. The van der Waals surface area contributed by atoms with Crippen LogP contribution < -0.4 is 9.62 Å². The number of nitrogens with one attached hydrogen (secondary N) is 1. The number of hydrogen-bond donors (Lipinski definition) is 1. The summed E-state index contributed by atoms with van der Waals surface area (Å²) < 4.78 is 27.1. The lowest BCUT2D eigenvalue weighted by atomic mass is 10.1. The maximum Gasteiger partial charge on any atom is 0.273 e. The van der Waals surface area contributed by atoms with Gasteiger partial charge in [0, 0.05) is 30.2 Å². The second-order valence-electron chi connectivity index (χ2n) is 7.26. The van der Waals surface area contributed by atoms with Gasteiger partial charge in [0.05, 0.1) is 16.2 Å². The Morgan fingerprint density at radius 1 is 1.06 bits per heavy atom. The smallest absolute Gasteiger partial charge is 0.273 e. The quantitative estimate of drug-likeness (QED) is 0.359. The van der Waals surface area contributed by atoms with E-state index in [9.17, 15) is 23.3 Å². The molecule has 0 bridgehead atoms. The summed E-state index contributed by atoms with van der Waals surface area (Å²) in [4.78, 5) is 23.5. The van der Waals surface area contributed by atoms with Crippen molar-refractivity contribution in [3.63, 3.8) is 0 Å². The first-order valence-corrected chi connectivity index (χ1v) is 12.0. The largest absolute Gasteiger partial charge is 0.352 e. The Kier molecular flexibility index (Phi) is 7.67. The Labute approximate surface area is 197 Å². The monoisotopic (exact) mass is 487 g/mol. The molecule has 3 aromatic rings. The number of carbonyl (C=O) groups excluding carboxylic acids is 1. The molecule has 0 fully saturated rings. The normalized spacial score (nSPS) is 11.1. The van der Waals surface area contributed by atoms with Gasteiger partial charge >= 0.3 is 0 Å². The summed E-state index contributed by atoms with van der Waals surface area (Å²) in [6.07, 6.45) is 0.605. The molecule has 172 valence electrons. The molecule has 33 heavy (non-hydrogen) atoms. The fourth-order valence-corrected chi connectivity index (χ4v) is 4.74. The lowest BCUT2D eigenvalue weighted by Gasteiger charge is -2.22. The highest BCUT2D eigenvalue weighted by atomic mass is 35.5. The third-order valence-electron chi connectivity index (χ3n) is 5.03. The molecule has 1 amide bonds. The first-order valence-electron chi connectivity index (χ1n) is 9.99. The van der Waals surface area contributed by atoms with Crippen LogP contribution in [0.5, 0.6) is 0 Å². The zero-order valence-electron chi connectivity index (χ0n) is 17.8. The number of nitrogens with zero attached hydrogens (tertiary/aromatic N) is 2. The van der Waals surface area contributed by atoms with Crippen LogP contribution in [0.15, 0.2) is 72.8 Å². The molecule has 3 aromatic carbocycles. The van der Waals surface area contributed by atoms with Crippen molar-refractivity contribution >= 4 is 38.9 Å². The summed E-state index contributed by atoms with van der Waals surface area (Å²) >= 11 is 6.07. The number of amides is 1. The maximum absolute atomic E-state index is 13.1. The molecule has 8 nitrogen and oxygen atoms in total. The Bertz CT molecular complexity index is 1270. The minimum absolute atomic E-state index is 0.0529. The molecule has 10 heteroatoms. The van der Waals surface area contributed by atoms with E-state index in [2.05, 4.69) is 5.32 Å². The van der Waals surface area contributed by atoms with Crippen LogP contribution >= 0.6 is 11.6 Å². The third-order valence-corrected chi connectivity index (χ3v) is 6.97. The second kappa shape index (κ2) is 10.5. The molecule has 0 radical (unpaired) electrons. The number of rotatable bonds is 9. The van der Waals surface area contributed by atoms with Gasteiger partial charge in [0.25, 0.3) is 11.6 Å². The summed E-state index contributed by atoms with van der Waals surface area (Å²) in [6, 6.07) is 19.6. The van der Waals surface area contributed by atoms with Gasteiger partial charge in [-0.3, -0.25) is 19.2 Å². The van der Waals surface area contributed by atoms with Crippen molar-refractivity contribution < 1.29 is 18.1 Å². The number of nitro benzene ring substituents is 1. The molecule has 0 aliphatic heterocycles. The van der Waals surface area contributed by atoms with Crippen molar-refractivity contribution in [2.24, 2.45) is 0 Å². The number of sulfonamides is 1. The third kappa shape index (κ3) is 6.09. The van der Waals surface area contributed by atoms with Gasteiger partial charge in [-0.25, -0.2) is 8.42 Å². The van der Waals surface area contributed by atoms with Gasteiger partial charge in [-0.15, -0.1) is 0 Å². The van der Waals surface area contributed by atoms with Crippen molar-refractivity contribution in [3.8, 4) is 0 Å². The molecule has 3 rings (SSSR count). The van der Waals surface area contributed by atoms with Crippen molar-refractivity contribution in [1.29, 1.82) is 0 Å². The average Bonchev–Trinajstić information content (AvgIpc) is 2.79. The van der Waals surface area contributed by atoms with Crippen molar-refractivity contribution in [2.75, 3.05) is 17.9 Å². The first-order chi connectivity index (χ1) is 15.7. The number of nitro groups is 1. The number of carbonyl (C=O) groups is 1. The number of benzene rings is 3. The van der Waals surface area contributed by atoms with Crippen molar-refractivity contribution in [2.45, 2.75) is 12.2 Å². The fourth-order valence-electron chi connectivity index (χ4n) is 3.28. The Morgan fingerprint density at radius 2 is 1.73 bits per heavy atom. The average molecular weight is 488 g/mol. The Balaban J connectivity index is 1.82. The second-order valence-corrected chi connectivity index (χ2v) is 9.70. The molecule has 0 aliphatic rings. The summed E-state index contributed by atoms with van der Waals surface area (Å²) in [5.74, 6) is -1.07. The van der Waals surface area contributed by atoms with E-state index in [1.165, 1.54) is 49.5 Å². The predicted molar refractivity (Wildman–Crippen MR) is 128 cm³/mol. The van der Waals surface area contributed by atoms with Crippen LogP contribution in [0.1, 0.15) is 21.5 Å². The number of para-hydroxylation sites is 1. The lowest BCUT2D eigenvalue weighted by Crippen LogP contribution is -2.32. The van der Waals surface area contributed by atoms with Crippen LogP contribution in [0, 0.1) is 10.1 Å². The van der Waals surface area contributed by atoms with Crippen LogP contribution in [0.25, 0.3) is 0 Å². The van der Waals surface area contributed by atoms with Gasteiger partial charge in [0.2, 0.25) is 10.0 Å². The van der Waals surface area contributed by atoms with Gasteiger partial charge in [-0.2, -0.15) is 0 Å². The Morgan fingerprint density at radius 3 is 2.42 bits per heavy atom. The topological polar surface area (TPSA) is 110 Å². The summed E-state index contributed by atoms with van der Waals surface area (Å²) in [7, 11) is -2.75. The molecular weight excluding hydrogens is 466 g/mol. The van der Waals surface area contributed by atoms with E-state index >= 15 is 0 Å². The molecule has 0 aliphatic carbocycles. The van der Waals surface area contributed by atoms with Crippen LogP contribution in [0.4, 0.5) is 11.4 Å². The highest BCUT2D eigenvalue weighted by Gasteiger charge is 2.27. The van der Waals surface area contributed by atoms with Crippen LogP contribution in [-0.4, -0.2) is 32.8 Å². The van der Waals surface area contributed by atoms with Gasteiger partial charge in [-0.1, -0.05) is 60.1 Å². The molecule has 0 atom stereocenters. The van der Waals surface area contributed by atoms with E-state index in [4.69, 9.17) is 11.6 Å². The molecule has 0 unspecified atom stereocenters. The highest BCUT2D eigenvalue weighted by Crippen LogP contribution is 2.28.